The van der Waals surface area contributed by atoms with Gasteiger partial charge in [0, 0.05) is 28.9 Å². The number of rotatable bonds is 2. The summed E-state index contributed by atoms with van der Waals surface area (Å²) >= 11 is 5.94. The molecule has 0 radical (unpaired) electrons. The number of carbonyl (C=O) groups is 1. The van der Waals surface area contributed by atoms with Crippen molar-refractivity contribution in [3.63, 3.8) is 0 Å². The number of amides is 1. The zero-order valence-corrected chi connectivity index (χ0v) is 11.9. The van der Waals surface area contributed by atoms with E-state index in [4.69, 9.17) is 17.3 Å². The van der Waals surface area contributed by atoms with Crippen LogP contribution in [-0.2, 0) is 4.79 Å². The third-order valence-corrected chi connectivity index (χ3v) is 5.09. The van der Waals surface area contributed by atoms with Crippen LogP contribution < -0.4 is 11.1 Å². The Balaban J connectivity index is 1.78. The maximum atomic E-state index is 13.5. The van der Waals surface area contributed by atoms with Crippen molar-refractivity contribution in [1.82, 2.24) is 5.32 Å². The maximum Gasteiger partial charge on any atom is 0.220 e. The van der Waals surface area contributed by atoms with Gasteiger partial charge in [-0.15, -0.1) is 0 Å². The third kappa shape index (κ3) is 2.31. The summed E-state index contributed by atoms with van der Waals surface area (Å²) in [7, 11) is 0. The average Bonchev–Trinajstić information content (AvgIpc) is 2.36. The van der Waals surface area contributed by atoms with Crippen LogP contribution in [0.3, 0.4) is 0 Å². The Hall–Kier alpha value is -1.13. The van der Waals surface area contributed by atoms with E-state index in [2.05, 4.69) is 5.32 Å². The monoisotopic (exact) mass is 296 g/mol. The normalized spacial score (nSPS) is 32.9. The van der Waals surface area contributed by atoms with E-state index in [0.29, 0.717) is 5.02 Å². The lowest BCUT2D eigenvalue weighted by atomic mass is 9.60. The van der Waals surface area contributed by atoms with E-state index >= 15 is 0 Å². The lowest BCUT2D eigenvalue weighted by Crippen LogP contribution is -2.57. The largest absolute Gasteiger partial charge is 0.369 e. The second-order valence-electron chi connectivity index (χ2n) is 6.06. The van der Waals surface area contributed by atoms with E-state index in [0.717, 1.165) is 37.8 Å². The predicted molar refractivity (Wildman–Crippen MR) is 75.7 cm³/mol. The van der Waals surface area contributed by atoms with Gasteiger partial charge in [-0.2, -0.15) is 0 Å². The number of hydrogen-bond donors (Lipinski definition) is 2. The highest BCUT2D eigenvalue weighted by Crippen LogP contribution is 2.52. The smallest absolute Gasteiger partial charge is 0.220 e. The molecule has 1 aromatic rings. The summed E-state index contributed by atoms with van der Waals surface area (Å²) in [5.41, 5.74) is 6.41. The molecular formula is C15H18ClFN2O. The van der Waals surface area contributed by atoms with Crippen molar-refractivity contribution in [3.8, 4) is 0 Å². The molecule has 0 aromatic heterocycles. The van der Waals surface area contributed by atoms with Crippen LogP contribution >= 0.6 is 11.6 Å². The van der Waals surface area contributed by atoms with Gasteiger partial charge in [0.15, 0.2) is 0 Å². The van der Waals surface area contributed by atoms with Crippen LogP contribution in [0.4, 0.5) is 4.39 Å². The van der Waals surface area contributed by atoms with Crippen molar-refractivity contribution in [1.29, 1.82) is 0 Å². The first-order valence-corrected chi connectivity index (χ1v) is 7.37. The Labute approximate surface area is 122 Å². The highest BCUT2D eigenvalue weighted by Gasteiger charge is 2.49. The van der Waals surface area contributed by atoms with E-state index in [1.807, 2.05) is 6.07 Å². The van der Waals surface area contributed by atoms with Gasteiger partial charge in [0.1, 0.15) is 5.82 Å². The molecule has 108 valence electrons. The summed E-state index contributed by atoms with van der Waals surface area (Å²) in [5, 5.41) is 3.80. The third-order valence-electron chi connectivity index (χ3n) is 4.87. The molecule has 2 fully saturated rings. The fourth-order valence-corrected chi connectivity index (χ4v) is 3.88. The van der Waals surface area contributed by atoms with Crippen LogP contribution in [-0.4, -0.2) is 12.5 Å². The second-order valence-corrected chi connectivity index (χ2v) is 6.49. The molecule has 1 aromatic carbocycles. The molecule has 1 aliphatic carbocycles. The van der Waals surface area contributed by atoms with Crippen LogP contribution in [0.2, 0.25) is 5.02 Å². The molecule has 1 amide bonds. The van der Waals surface area contributed by atoms with Gasteiger partial charge in [0.05, 0.1) is 0 Å². The fraction of sp³-hybridized carbons (Fsp3) is 0.533. The van der Waals surface area contributed by atoms with Crippen LogP contribution in [0.1, 0.15) is 37.3 Å². The van der Waals surface area contributed by atoms with E-state index in [1.165, 1.54) is 6.07 Å². The number of hydrogen-bond acceptors (Lipinski definition) is 2. The van der Waals surface area contributed by atoms with Gasteiger partial charge < -0.3 is 11.1 Å². The van der Waals surface area contributed by atoms with Crippen molar-refractivity contribution in [2.45, 2.75) is 31.7 Å². The summed E-state index contributed by atoms with van der Waals surface area (Å²) in [6.07, 6.45) is 3.56. The van der Waals surface area contributed by atoms with Crippen molar-refractivity contribution in [3.05, 3.63) is 34.6 Å². The molecular weight excluding hydrogens is 279 g/mol. The van der Waals surface area contributed by atoms with Crippen LogP contribution in [0.5, 0.6) is 0 Å². The van der Waals surface area contributed by atoms with Gasteiger partial charge in [0.2, 0.25) is 5.91 Å². The maximum absolute atomic E-state index is 13.5. The van der Waals surface area contributed by atoms with E-state index < -0.39 is 0 Å². The molecule has 1 saturated carbocycles. The van der Waals surface area contributed by atoms with Gasteiger partial charge in [-0.1, -0.05) is 11.6 Å². The van der Waals surface area contributed by atoms with Crippen LogP contribution in [0.15, 0.2) is 18.2 Å². The zero-order valence-electron chi connectivity index (χ0n) is 11.2. The van der Waals surface area contributed by atoms with Crippen molar-refractivity contribution in [2.75, 3.05) is 6.54 Å². The van der Waals surface area contributed by atoms with E-state index in [1.54, 1.807) is 6.07 Å². The predicted octanol–water partition coefficient (Wildman–Crippen LogP) is 2.79. The first kappa shape index (κ1) is 13.8. The summed E-state index contributed by atoms with van der Waals surface area (Å²) in [6, 6.07) is 4.82. The number of nitrogens with two attached hydrogens (primary N) is 1. The molecule has 1 aliphatic heterocycles. The Kier molecular flexibility index (Phi) is 3.46. The number of benzene rings is 1. The minimum atomic E-state index is -0.304. The van der Waals surface area contributed by atoms with Crippen molar-refractivity contribution in [2.24, 2.45) is 17.1 Å². The molecule has 1 saturated heterocycles. The molecule has 3 N–H and O–H groups in total. The fourth-order valence-electron chi connectivity index (χ4n) is 3.65. The summed E-state index contributed by atoms with van der Waals surface area (Å²) in [5.74, 6) is -0.502. The standard InChI is InChI=1S/C15H18ClFN2O/c16-11-5-10(6-12(17)7-11)13-15(8-19-13)3-1-9(2-4-15)14(18)20/h5-7,9,13,19H,1-4,8H2,(H2,18,20). The van der Waals surface area contributed by atoms with Crippen LogP contribution in [0, 0.1) is 17.2 Å². The van der Waals surface area contributed by atoms with Gasteiger partial charge in [-0.05, 0) is 49.4 Å². The molecule has 1 unspecified atom stereocenters. The lowest BCUT2D eigenvalue weighted by molar-refractivity contribution is -0.124. The van der Waals surface area contributed by atoms with Gasteiger partial charge in [-0.25, -0.2) is 4.39 Å². The molecule has 2 aliphatic rings. The Morgan fingerprint density at radius 3 is 2.55 bits per heavy atom. The SMILES string of the molecule is NC(=O)C1CCC2(CC1)CNC2c1cc(F)cc(Cl)c1. The highest BCUT2D eigenvalue weighted by atomic mass is 35.5. The quantitative estimate of drug-likeness (QED) is 0.882. The Morgan fingerprint density at radius 1 is 1.35 bits per heavy atom. The summed E-state index contributed by atoms with van der Waals surface area (Å²) < 4.78 is 13.5. The van der Waals surface area contributed by atoms with E-state index in [-0.39, 0.29) is 29.1 Å². The van der Waals surface area contributed by atoms with Crippen molar-refractivity contribution >= 4 is 17.5 Å². The minimum Gasteiger partial charge on any atom is -0.369 e. The van der Waals surface area contributed by atoms with Gasteiger partial charge in [-0.3, -0.25) is 4.79 Å². The molecule has 3 rings (SSSR count). The minimum absolute atomic E-state index is 0.00188. The molecule has 1 spiro atoms. The molecule has 3 nitrogen and oxygen atoms in total. The molecule has 0 bridgehead atoms. The second kappa shape index (κ2) is 5.01. The molecule has 20 heavy (non-hydrogen) atoms. The number of halogens is 2. The molecule has 5 heteroatoms. The van der Waals surface area contributed by atoms with Crippen molar-refractivity contribution < 1.29 is 9.18 Å². The van der Waals surface area contributed by atoms with Gasteiger partial charge >= 0.3 is 0 Å². The Bertz CT molecular complexity index is 520. The van der Waals surface area contributed by atoms with Crippen LogP contribution in [0.25, 0.3) is 0 Å². The number of carbonyl (C=O) groups excluding carboxylic acids is 1. The lowest BCUT2D eigenvalue weighted by Gasteiger charge is -2.54. The number of primary amides is 1. The zero-order chi connectivity index (χ0) is 14.3. The summed E-state index contributed by atoms with van der Waals surface area (Å²) in [6.45, 7) is 0.914. The molecule has 1 heterocycles. The highest BCUT2D eigenvalue weighted by molar-refractivity contribution is 6.30. The first-order chi connectivity index (χ1) is 9.50. The average molecular weight is 297 g/mol. The van der Waals surface area contributed by atoms with Gasteiger partial charge in [0.25, 0.3) is 0 Å². The summed E-state index contributed by atoms with van der Waals surface area (Å²) in [4.78, 5) is 11.3. The number of nitrogens with one attached hydrogen (secondary N) is 1. The van der Waals surface area contributed by atoms with E-state index in [9.17, 15) is 9.18 Å². The topological polar surface area (TPSA) is 55.1 Å². The Morgan fingerprint density at radius 2 is 2.05 bits per heavy atom. The molecule has 1 atom stereocenters. The first-order valence-electron chi connectivity index (χ1n) is 6.99.